The van der Waals surface area contributed by atoms with Gasteiger partial charge < -0.3 is 10.1 Å². The Labute approximate surface area is 98.8 Å². The van der Waals surface area contributed by atoms with Gasteiger partial charge in [-0.25, -0.2) is 13.2 Å². The van der Waals surface area contributed by atoms with Crippen LogP contribution in [-0.4, -0.2) is 11.8 Å². The van der Waals surface area contributed by atoms with Gasteiger partial charge in [-0.05, 0) is 39.8 Å². The Kier molecular flexibility index (Phi) is 6.31. The van der Waals surface area contributed by atoms with Crippen LogP contribution in [0.2, 0.25) is 0 Å². The largest absolute Gasteiger partial charge is 0.380 e. The van der Waals surface area contributed by atoms with E-state index in [2.05, 4.69) is 5.32 Å². The average Bonchev–Trinajstić information content (AvgIpc) is 2.18. The summed E-state index contributed by atoms with van der Waals surface area (Å²) in [6.07, 6.45) is 0. The highest BCUT2D eigenvalue weighted by molar-refractivity contribution is 5.72. The van der Waals surface area contributed by atoms with Crippen molar-refractivity contribution in [1.82, 2.24) is 0 Å². The quantitative estimate of drug-likeness (QED) is 0.810. The maximum atomic E-state index is 12.9. The second-order valence-electron chi connectivity index (χ2n) is 3.93. The van der Waals surface area contributed by atoms with Crippen molar-refractivity contribution in [3.8, 4) is 0 Å². The van der Waals surface area contributed by atoms with Gasteiger partial charge in [-0.2, -0.15) is 0 Å². The molecule has 0 aliphatic carbocycles. The molecule has 0 spiro atoms. The van der Waals surface area contributed by atoms with Crippen LogP contribution < -0.4 is 5.32 Å². The first kappa shape index (κ1) is 15.5. The van der Waals surface area contributed by atoms with Gasteiger partial charge in [0.05, 0.1) is 5.69 Å². The SMILES string of the molecule is CC(C)=O.CC(C)Nc1ccc(F)c(F)c1F. The third-order valence-electron chi connectivity index (χ3n) is 1.48. The van der Waals surface area contributed by atoms with Gasteiger partial charge in [0.2, 0.25) is 0 Å². The minimum absolute atomic E-state index is 0.0195. The van der Waals surface area contributed by atoms with Gasteiger partial charge in [0.1, 0.15) is 5.78 Å². The van der Waals surface area contributed by atoms with Gasteiger partial charge in [0.25, 0.3) is 0 Å². The number of carbonyl (C=O) groups excluding carboxylic acids is 1. The van der Waals surface area contributed by atoms with Gasteiger partial charge in [0.15, 0.2) is 17.5 Å². The highest BCUT2D eigenvalue weighted by Crippen LogP contribution is 2.19. The van der Waals surface area contributed by atoms with E-state index in [1.165, 1.54) is 19.9 Å². The molecule has 1 N–H and O–H groups in total. The average molecular weight is 247 g/mol. The van der Waals surface area contributed by atoms with Crippen LogP contribution in [0.1, 0.15) is 27.7 Å². The second-order valence-corrected chi connectivity index (χ2v) is 3.93. The number of Topliss-reactive ketones (excluding diaryl/α,β-unsaturated/α-hetero) is 1. The predicted octanol–water partition coefficient (Wildman–Crippen LogP) is 3.52. The zero-order chi connectivity index (χ0) is 13.6. The maximum absolute atomic E-state index is 12.9. The lowest BCUT2D eigenvalue weighted by molar-refractivity contribution is -0.114. The van der Waals surface area contributed by atoms with E-state index in [4.69, 9.17) is 0 Å². The Morgan fingerprint density at radius 1 is 1.12 bits per heavy atom. The Morgan fingerprint density at radius 2 is 1.59 bits per heavy atom. The van der Waals surface area contributed by atoms with Crippen molar-refractivity contribution in [1.29, 1.82) is 0 Å². The molecule has 0 saturated carbocycles. The summed E-state index contributed by atoms with van der Waals surface area (Å²) in [5.74, 6) is -3.62. The van der Waals surface area contributed by atoms with Crippen LogP contribution in [0.4, 0.5) is 18.9 Å². The van der Waals surface area contributed by atoms with E-state index in [1.807, 2.05) is 0 Å². The van der Waals surface area contributed by atoms with Crippen molar-refractivity contribution in [2.45, 2.75) is 33.7 Å². The van der Waals surface area contributed by atoms with Crippen LogP contribution in [0.15, 0.2) is 12.1 Å². The van der Waals surface area contributed by atoms with Crippen molar-refractivity contribution in [2.75, 3.05) is 5.32 Å². The Bertz CT molecular complexity index is 388. The third-order valence-corrected chi connectivity index (χ3v) is 1.48. The Hall–Kier alpha value is -1.52. The number of halogens is 3. The van der Waals surface area contributed by atoms with Crippen LogP contribution >= 0.6 is 0 Å². The van der Waals surface area contributed by atoms with Crippen LogP contribution in [-0.2, 0) is 4.79 Å². The lowest BCUT2D eigenvalue weighted by Gasteiger charge is -2.10. The smallest absolute Gasteiger partial charge is 0.196 e. The fourth-order valence-corrected chi connectivity index (χ4v) is 0.948. The third kappa shape index (κ3) is 5.94. The lowest BCUT2D eigenvalue weighted by atomic mass is 10.2. The maximum Gasteiger partial charge on any atom is 0.196 e. The summed E-state index contributed by atoms with van der Waals surface area (Å²) in [5, 5.41) is 2.66. The molecule has 0 unspecified atom stereocenters. The number of carbonyl (C=O) groups is 1. The van der Waals surface area contributed by atoms with Crippen molar-refractivity contribution in [2.24, 2.45) is 0 Å². The van der Waals surface area contributed by atoms with Gasteiger partial charge in [-0.15, -0.1) is 0 Å². The second kappa shape index (κ2) is 6.93. The first-order chi connectivity index (χ1) is 7.75. The molecule has 2 nitrogen and oxygen atoms in total. The topological polar surface area (TPSA) is 29.1 Å². The predicted molar refractivity (Wildman–Crippen MR) is 61.4 cm³/mol. The summed E-state index contributed by atoms with van der Waals surface area (Å²) in [4.78, 5) is 9.44. The number of benzene rings is 1. The van der Waals surface area contributed by atoms with E-state index in [1.54, 1.807) is 13.8 Å². The van der Waals surface area contributed by atoms with E-state index in [-0.39, 0.29) is 17.5 Å². The molecule has 0 aliphatic heterocycles. The molecule has 0 amide bonds. The van der Waals surface area contributed by atoms with E-state index >= 15 is 0 Å². The molecule has 0 bridgehead atoms. The molecule has 0 fully saturated rings. The molecule has 0 heterocycles. The summed E-state index contributed by atoms with van der Waals surface area (Å²) in [7, 11) is 0. The summed E-state index contributed by atoms with van der Waals surface area (Å²) < 4.78 is 38.1. The summed E-state index contributed by atoms with van der Waals surface area (Å²) in [6, 6.07) is 2.04. The van der Waals surface area contributed by atoms with E-state index in [9.17, 15) is 18.0 Å². The fourth-order valence-electron chi connectivity index (χ4n) is 0.948. The molecule has 1 rings (SSSR count). The number of nitrogens with one attached hydrogen (secondary N) is 1. The van der Waals surface area contributed by atoms with Crippen molar-refractivity contribution in [3.63, 3.8) is 0 Å². The molecule has 17 heavy (non-hydrogen) atoms. The number of hydrogen-bond acceptors (Lipinski definition) is 2. The molecular formula is C12H16F3NO. The molecular weight excluding hydrogens is 231 g/mol. The Balaban J connectivity index is 0.000000557. The van der Waals surface area contributed by atoms with Crippen LogP contribution in [0.3, 0.4) is 0 Å². The monoisotopic (exact) mass is 247 g/mol. The van der Waals surface area contributed by atoms with E-state index < -0.39 is 17.5 Å². The highest BCUT2D eigenvalue weighted by Gasteiger charge is 2.13. The molecule has 0 radical (unpaired) electrons. The summed E-state index contributed by atoms with van der Waals surface area (Å²) in [5.41, 5.74) is -0.0195. The highest BCUT2D eigenvalue weighted by atomic mass is 19.2. The van der Waals surface area contributed by atoms with Crippen LogP contribution in [0, 0.1) is 17.5 Å². The van der Waals surface area contributed by atoms with Crippen LogP contribution in [0.25, 0.3) is 0 Å². The molecule has 0 aromatic heterocycles. The zero-order valence-corrected chi connectivity index (χ0v) is 10.3. The van der Waals surface area contributed by atoms with E-state index in [0.717, 1.165) is 6.07 Å². The first-order valence-electron chi connectivity index (χ1n) is 5.13. The summed E-state index contributed by atoms with van der Waals surface area (Å²) >= 11 is 0. The Morgan fingerprint density at radius 3 is 2.00 bits per heavy atom. The summed E-state index contributed by atoms with van der Waals surface area (Å²) in [6.45, 7) is 6.61. The molecule has 5 heteroatoms. The number of hydrogen-bond donors (Lipinski definition) is 1. The van der Waals surface area contributed by atoms with Gasteiger partial charge in [-0.3, -0.25) is 0 Å². The standard InChI is InChI=1S/C9H10F3N.C3H6O/c1-5(2)13-7-4-3-6(10)8(11)9(7)12;1-3(2)4/h3-5,13H,1-2H3;1-2H3. The van der Waals surface area contributed by atoms with Gasteiger partial charge in [0, 0.05) is 6.04 Å². The van der Waals surface area contributed by atoms with Crippen molar-refractivity contribution in [3.05, 3.63) is 29.6 Å². The van der Waals surface area contributed by atoms with E-state index in [0.29, 0.717) is 0 Å². The normalized spacial score (nSPS) is 9.65. The number of ketones is 1. The van der Waals surface area contributed by atoms with Gasteiger partial charge >= 0.3 is 0 Å². The first-order valence-corrected chi connectivity index (χ1v) is 5.13. The minimum atomic E-state index is -1.44. The fraction of sp³-hybridized carbons (Fsp3) is 0.417. The minimum Gasteiger partial charge on any atom is -0.380 e. The number of rotatable bonds is 2. The van der Waals surface area contributed by atoms with Crippen molar-refractivity contribution < 1.29 is 18.0 Å². The lowest BCUT2D eigenvalue weighted by Crippen LogP contribution is -2.12. The molecule has 1 aromatic rings. The zero-order valence-electron chi connectivity index (χ0n) is 10.3. The molecule has 96 valence electrons. The van der Waals surface area contributed by atoms with Crippen LogP contribution in [0.5, 0.6) is 0 Å². The van der Waals surface area contributed by atoms with Gasteiger partial charge in [-0.1, -0.05) is 0 Å². The van der Waals surface area contributed by atoms with Crippen molar-refractivity contribution >= 4 is 11.5 Å². The molecule has 0 saturated heterocycles. The number of anilines is 1. The molecule has 0 atom stereocenters. The molecule has 0 aliphatic rings. The molecule has 1 aromatic carbocycles.